The molecule has 2 aromatic carbocycles. The fourth-order valence-corrected chi connectivity index (χ4v) is 2.90. The zero-order chi connectivity index (χ0) is 16.3. The SMILES string of the molecule is Cc1cc(C)cc(NC(=O)COc2c(C)cc(Cl)cc2Cl)c1. The van der Waals surface area contributed by atoms with Crippen molar-refractivity contribution >= 4 is 34.8 Å². The van der Waals surface area contributed by atoms with Crippen LogP contribution < -0.4 is 10.1 Å². The monoisotopic (exact) mass is 337 g/mol. The first-order valence-electron chi connectivity index (χ1n) is 6.82. The van der Waals surface area contributed by atoms with Crippen LogP contribution in [0.1, 0.15) is 16.7 Å². The van der Waals surface area contributed by atoms with Gasteiger partial charge in [0.2, 0.25) is 0 Å². The molecule has 0 saturated heterocycles. The molecule has 2 aromatic rings. The number of anilines is 1. The first kappa shape index (κ1) is 16.7. The Morgan fingerprint density at radius 1 is 1.05 bits per heavy atom. The van der Waals surface area contributed by atoms with Gasteiger partial charge >= 0.3 is 0 Å². The fourth-order valence-electron chi connectivity index (χ4n) is 2.25. The molecule has 22 heavy (non-hydrogen) atoms. The summed E-state index contributed by atoms with van der Waals surface area (Å²) in [6.07, 6.45) is 0. The van der Waals surface area contributed by atoms with Crippen LogP contribution in [0.5, 0.6) is 5.75 Å². The molecule has 0 saturated carbocycles. The molecule has 0 aliphatic heterocycles. The average Bonchev–Trinajstić information content (AvgIpc) is 2.35. The van der Waals surface area contributed by atoms with E-state index in [4.69, 9.17) is 27.9 Å². The Bertz CT molecular complexity index is 671. The van der Waals surface area contributed by atoms with Gasteiger partial charge in [0, 0.05) is 10.7 Å². The predicted molar refractivity (Wildman–Crippen MR) is 91.2 cm³/mol. The van der Waals surface area contributed by atoms with Crippen molar-refractivity contribution in [1.29, 1.82) is 0 Å². The first-order chi connectivity index (χ1) is 10.3. The third-order valence-electron chi connectivity index (χ3n) is 3.05. The molecule has 3 nitrogen and oxygen atoms in total. The van der Waals surface area contributed by atoms with E-state index in [-0.39, 0.29) is 12.5 Å². The lowest BCUT2D eigenvalue weighted by molar-refractivity contribution is -0.118. The van der Waals surface area contributed by atoms with Gasteiger partial charge in [0.05, 0.1) is 5.02 Å². The Morgan fingerprint density at radius 2 is 1.68 bits per heavy atom. The second-order valence-electron chi connectivity index (χ2n) is 5.25. The van der Waals surface area contributed by atoms with E-state index in [2.05, 4.69) is 5.32 Å². The maximum absolute atomic E-state index is 12.0. The number of carbonyl (C=O) groups excluding carboxylic acids is 1. The lowest BCUT2D eigenvalue weighted by Gasteiger charge is -2.12. The smallest absolute Gasteiger partial charge is 0.262 e. The van der Waals surface area contributed by atoms with E-state index in [0.717, 1.165) is 22.4 Å². The minimum absolute atomic E-state index is 0.116. The van der Waals surface area contributed by atoms with Gasteiger partial charge in [-0.1, -0.05) is 29.3 Å². The summed E-state index contributed by atoms with van der Waals surface area (Å²) in [5.41, 5.74) is 3.72. The number of nitrogens with one attached hydrogen (secondary N) is 1. The summed E-state index contributed by atoms with van der Waals surface area (Å²) < 4.78 is 5.51. The van der Waals surface area contributed by atoms with Crippen LogP contribution in [0.2, 0.25) is 10.0 Å². The summed E-state index contributed by atoms with van der Waals surface area (Å²) in [6.45, 7) is 5.68. The molecule has 116 valence electrons. The van der Waals surface area contributed by atoms with Gasteiger partial charge in [-0.2, -0.15) is 0 Å². The molecule has 0 bridgehead atoms. The number of halogens is 2. The number of ether oxygens (including phenoxy) is 1. The summed E-state index contributed by atoms with van der Waals surface area (Å²) in [7, 11) is 0. The highest BCUT2D eigenvalue weighted by atomic mass is 35.5. The lowest BCUT2D eigenvalue weighted by Crippen LogP contribution is -2.20. The van der Waals surface area contributed by atoms with Crippen molar-refractivity contribution in [3.8, 4) is 5.75 Å². The Hall–Kier alpha value is -1.71. The Balaban J connectivity index is 2.01. The number of benzene rings is 2. The highest BCUT2D eigenvalue weighted by Crippen LogP contribution is 2.31. The van der Waals surface area contributed by atoms with Gasteiger partial charge in [0.25, 0.3) is 5.91 Å². The van der Waals surface area contributed by atoms with E-state index in [9.17, 15) is 4.79 Å². The number of hydrogen-bond donors (Lipinski definition) is 1. The van der Waals surface area contributed by atoms with Crippen molar-refractivity contribution in [2.24, 2.45) is 0 Å². The highest BCUT2D eigenvalue weighted by Gasteiger charge is 2.10. The van der Waals surface area contributed by atoms with Gasteiger partial charge in [-0.25, -0.2) is 0 Å². The highest BCUT2D eigenvalue weighted by molar-refractivity contribution is 6.35. The number of amides is 1. The maximum atomic E-state index is 12.0. The molecule has 0 spiro atoms. The molecule has 1 amide bonds. The summed E-state index contributed by atoms with van der Waals surface area (Å²) in [4.78, 5) is 12.0. The molecule has 0 unspecified atom stereocenters. The molecular weight excluding hydrogens is 321 g/mol. The normalized spacial score (nSPS) is 10.4. The van der Waals surface area contributed by atoms with E-state index >= 15 is 0 Å². The standard InChI is InChI=1S/C17H17Cl2NO2/c1-10-4-11(2)6-14(5-10)20-16(21)9-22-17-12(3)7-13(18)8-15(17)19/h4-8H,9H2,1-3H3,(H,20,21). The van der Waals surface area contributed by atoms with Crippen molar-refractivity contribution in [3.05, 3.63) is 57.1 Å². The number of hydrogen-bond acceptors (Lipinski definition) is 2. The predicted octanol–water partition coefficient (Wildman–Crippen LogP) is 4.94. The van der Waals surface area contributed by atoms with Gasteiger partial charge < -0.3 is 10.1 Å². The van der Waals surface area contributed by atoms with Crippen molar-refractivity contribution in [2.45, 2.75) is 20.8 Å². The van der Waals surface area contributed by atoms with Crippen LogP contribution >= 0.6 is 23.2 Å². The summed E-state index contributed by atoms with van der Waals surface area (Å²) in [5.74, 6) is 0.233. The van der Waals surface area contributed by atoms with Gasteiger partial charge in [-0.3, -0.25) is 4.79 Å². The van der Waals surface area contributed by atoms with E-state index in [1.54, 1.807) is 12.1 Å². The van der Waals surface area contributed by atoms with Crippen molar-refractivity contribution in [3.63, 3.8) is 0 Å². The summed E-state index contributed by atoms with van der Waals surface area (Å²) in [5, 5.41) is 3.74. The Morgan fingerprint density at radius 3 is 2.27 bits per heavy atom. The molecule has 0 atom stereocenters. The average molecular weight is 338 g/mol. The van der Waals surface area contributed by atoms with Crippen LogP contribution in [0.15, 0.2) is 30.3 Å². The molecule has 0 aliphatic rings. The number of carbonyl (C=O) groups is 1. The quantitative estimate of drug-likeness (QED) is 0.858. The van der Waals surface area contributed by atoms with Crippen LogP contribution in [-0.2, 0) is 4.79 Å². The fraction of sp³-hybridized carbons (Fsp3) is 0.235. The molecule has 5 heteroatoms. The van der Waals surface area contributed by atoms with Crippen molar-refractivity contribution in [1.82, 2.24) is 0 Å². The molecule has 0 heterocycles. The van der Waals surface area contributed by atoms with Crippen LogP contribution in [0.3, 0.4) is 0 Å². The van der Waals surface area contributed by atoms with Gasteiger partial charge in [0.1, 0.15) is 5.75 Å². The van der Waals surface area contributed by atoms with E-state index < -0.39 is 0 Å². The third-order valence-corrected chi connectivity index (χ3v) is 3.55. The minimum atomic E-state index is -0.240. The van der Waals surface area contributed by atoms with Crippen molar-refractivity contribution < 1.29 is 9.53 Å². The Kier molecular flexibility index (Phi) is 5.33. The number of rotatable bonds is 4. The first-order valence-corrected chi connectivity index (χ1v) is 7.57. The third kappa shape index (κ3) is 4.39. The Labute approximate surface area is 140 Å². The van der Waals surface area contributed by atoms with Crippen molar-refractivity contribution in [2.75, 3.05) is 11.9 Å². The van der Waals surface area contributed by atoms with Crippen LogP contribution in [0, 0.1) is 20.8 Å². The van der Waals surface area contributed by atoms with E-state index in [1.165, 1.54) is 0 Å². The topological polar surface area (TPSA) is 38.3 Å². The summed E-state index contributed by atoms with van der Waals surface area (Å²) >= 11 is 12.0. The van der Waals surface area contributed by atoms with E-state index in [0.29, 0.717) is 15.8 Å². The zero-order valence-electron chi connectivity index (χ0n) is 12.7. The van der Waals surface area contributed by atoms with Crippen LogP contribution in [0.4, 0.5) is 5.69 Å². The summed E-state index contributed by atoms with van der Waals surface area (Å²) in [6, 6.07) is 9.19. The molecule has 1 N–H and O–H groups in total. The largest absolute Gasteiger partial charge is 0.482 e. The molecule has 0 fully saturated rings. The molecular formula is C17H17Cl2NO2. The van der Waals surface area contributed by atoms with Crippen LogP contribution in [-0.4, -0.2) is 12.5 Å². The molecule has 0 aliphatic carbocycles. The lowest BCUT2D eigenvalue weighted by atomic mass is 10.1. The van der Waals surface area contributed by atoms with Gasteiger partial charge in [-0.15, -0.1) is 0 Å². The second kappa shape index (κ2) is 7.03. The zero-order valence-corrected chi connectivity index (χ0v) is 14.2. The second-order valence-corrected chi connectivity index (χ2v) is 6.09. The van der Waals surface area contributed by atoms with Gasteiger partial charge in [-0.05, 0) is 61.7 Å². The van der Waals surface area contributed by atoms with Gasteiger partial charge in [0.15, 0.2) is 6.61 Å². The molecule has 0 aromatic heterocycles. The molecule has 0 radical (unpaired) electrons. The van der Waals surface area contributed by atoms with E-state index in [1.807, 2.05) is 39.0 Å². The minimum Gasteiger partial charge on any atom is -0.482 e. The number of aryl methyl sites for hydroxylation is 3. The maximum Gasteiger partial charge on any atom is 0.262 e. The van der Waals surface area contributed by atoms with Crippen LogP contribution in [0.25, 0.3) is 0 Å². The molecule has 2 rings (SSSR count).